The number of rotatable bonds is 2. The van der Waals surface area contributed by atoms with Gasteiger partial charge in [-0.1, -0.05) is 32.9 Å². The first-order chi connectivity index (χ1) is 9.20. The summed E-state index contributed by atoms with van der Waals surface area (Å²) in [7, 11) is 0. The summed E-state index contributed by atoms with van der Waals surface area (Å²) in [5.74, 6) is -0.723. The van der Waals surface area contributed by atoms with Crippen LogP contribution in [-0.2, 0) is 5.41 Å². The summed E-state index contributed by atoms with van der Waals surface area (Å²) in [6, 6.07) is 4.21. The molecule has 1 aromatic carbocycles. The standard InChI is InChI=1S/C16H19NO3/c1-9-6-11(16(3,4)5)7-10(2)13(9)14-17-12(8-20-14)15(18)19/h6-8H,1-5H3,(H,18,19). The van der Waals surface area contributed by atoms with Crippen LogP contribution in [0, 0.1) is 13.8 Å². The fraction of sp³-hybridized carbons (Fsp3) is 0.375. The molecule has 0 aliphatic rings. The van der Waals surface area contributed by atoms with Crippen LogP contribution in [0.4, 0.5) is 0 Å². The predicted molar refractivity (Wildman–Crippen MR) is 77.1 cm³/mol. The van der Waals surface area contributed by atoms with E-state index in [2.05, 4.69) is 37.9 Å². The van der Waals surface area contributed by atoms with Gasteiger partial charge in [0.2, 0.25) is 5.89 Å². The van der Waals surface area contributed by atoms with Gasteiger partial charge in [0.25, 0.3) is 0 Å². The first kappa shape index (κ1) is 14.3. The fourth-order valence-electron chi connectivity index (χ4n) is 2.22. The Morgan fingerprint density at radius 1 is 1.20 bits per heavy atom. The van der Waals surface area contributed by atoms with E-state index < -0.39 is 5.97 Å². The van der Waals surface area contributed by atoms with Crippen LogP contribution < -0.4 is 0 Å². The van der Waals surface area contributed by atoms with E-state index in [0.29, 0.717) is 5.89 Å². The maximum absolute atomic E-state index is 10.9. The van der Waals surface area contributed by atoms with Crippen molar-refractivity contribution < 1.29 is 14.3 Å². The van der Waals surface area contributed by atoms with Crippen LogP contribution in [0.1, 0.15) is 48.0 Å². The maximum atomic E-state index is 10.9. The van der Waals surface area contributed by atoms with E-state index >= 15 is 0 Å². The summed E-state index contributed by atoms with van der Waals surface area (Å²) < 4.78 is 5.31. The Morgan fingerprint density at radius 2 is 1.75 bits per heavy atom. The molecule has 4 heteroatoms. The second-order valence-electron chi connectivity index (χ2n) is 6.08. The Morgan fingerprint density at radius 3 is 2.15 bits per heavy atom. The van der Waals surface area contributed by atoms with Gasteiger partial charge in [0.1, 0.15) is 6.26 Å². The lowest BCUT2D eigenvalue weighted by Crippen LogP contribution is -2.12. The molecule has 1 N–H and O–H groups in total. The topological polar surface area (TPSA) is 63.3 Å². The van der Waals surface area contributed by atoms with E-state index in [1.165, 1.54) is 11.8 Å². The van der Waals surface area contributed by atoms with Crippen molar-refractivity contribution in [3.63, 3.8) is 0 Å². The van der Waals surface area contributed by atoms with Gasteiger partial charge >= 0.3 is 5.97 Å². The molecule has 4 nitrogen and oxygen atoms in total. The molecule has 0 radical (unpaired) electrons. The lowest BCUT2D eigenvalue weighted by molar-refractivity contribution is 0.0690. The zero-order chi connectivity index (χ0) is 15.1. The predicted octanol–water partition coefficient (Wildman–Crippen LogP) is 3.95. The van der Waals surface area contributed by atoms with Crippen LogP contribution in [-0.4, -0.2) is 16.1 Å². The van der Waals surface area contributed by atoms with Gasteiger partial charge in [0.15, 0.2) is 5.69 Å². The van der Waals surface area contributed by atoms with Crippen LogP contribution >= 0.6 is 0 Å². The molecule has 0 aliphatic carbocycles. The summed E-state index contributed by atoms with van der Waals surface area (Å²) in [5, 5.41) is 8.91. The summed E-state index contributed by atoms with van der Waals surface area (Å²) >= 11 is 0. The number of benzene rings is 1. The van der Waals surface area contributed by atoms with E-state index in [4.69, 9.17) is 9.52 Å². The third-order valence-electron chi connectivity index (χ3n) is 3.34. The lowest BCUT2D eigenvalue weighted by Gasteiger charge is -2.21. The van der Waals surface area contributed by atoms with E-state index in [1.807, 2.05) is 13.8 Å². The van der Waals surface area contributed by atoms with E-state index in [-0.39, 0.29) is 11.1 Å². The number of carbonyl (C=O) groups is 1. The Kier molecular flexibility index (Phi) is 3.42. The Hall–Kier alpha value is -2.10. The first-order valence-electron chi connectivity index (χ1n) is 6.51. The van der Waals surface area contributed by atoms with Crippen molar-refractivity contribution in [3.05, 3.63) is 40.8 Å². The molecule has 0 atom stereocenters. The zero-order valence-corrected chi connectivity index (χ0v) is 12.4. The highest BCUT2D eigenvalue weighted by Gasteiger charge is 2.20. The molecule has 0 bridgehead atoms. The van der Waals surface area contributed by atoms with Crippen molar-refractivity contribution in [2.24, 2.45) is 0 Å². The van der Waals surface area contributed by atoms with Crippen molar-refractivity contribution >= 4 is 5.97 Å². The highest BCUT2D eigenvalue weighted by Crippen LogP contribution is 2.32. The fourth-order valence-corrected chi connectivity index (χ4v) is 2.22. The van der Waals surface area contributed by atoms with Gasteiger partial charge in [-0.3, -0.25) is 0 Å². The van der Waals surface area contributed by atoms with Gasteiger partial charge in [-0.25, -0.2) is 9.78 Å². The van der Waals surface area contributed by atoms with E-state index in [9.17, 15) is 4.79 Å². The number of hydrogen-bond acceptors (Lipinski definition) is 3. The molecule has 1 heterocycles. The van der Waals surface area contributed by atoms with Gasteiger partial charge in [-0.2, -0.15) is 0 Å². The summed E-state index contributed by atoms with van der Waals surface area (Å²) in [6.45, 7) is 10.5. The Labute approximate surface area is 118 Å². The molecule has 1 aromatic heterocycles. The molecule has 0 aliphatic heterocycles. The number of oxazole rings is 1. The number of aryl methyl sites for hydroxylation is 2. The molecule has 20 heavy (non-hydrogen) atoms. The van der Waals surface area contributed by atoms with Crippen molar-refractivity contribution in [1.29, 1.82) is 0 Å². The number of aromatic carboxylic acids is 1. The average molecular weight is 273 g/mol. The highest BCUT2D eigenvalue weighted by atomic mass is 16.4. The maximum Gasteiger partial charge on any atom is 0.357 e. The van der Waals surface area contributed by atoms with Gasteiger partial charge in [-0.05, 0) is 36.0 Å². The van der Waals surface area contributed by atoms with Gasteiger partial charge < -0.3 is 9.52 Å². The van der Waals surface area contributed by atoms with E-state index in [0.717, 1.165) is 16.7 Å². The monoisotopic (exact) mass is 273 g/mol. The van der Waals surface area contributed by atoms with Gasteiger partial charge in [-0.15, -0.1) is 0 Å². The van der Waals surface area contributed by atoms with Crippen LogP contribution in [0.2, 0.25) is 0 Å². The van der Waals surface area contributed by atoms with Crippen LogP contribution in [0.25, 0.3) is 11.5 Å². The summed E-state index contributed by atoms with van der Waals surface area (Å²) in [4.78, 5) is 14.9. The number of carboxylic acids is 1. The number of nitrogens with zero attached hydrogens (tertiary/aromatic N) is 1. The van der Waals surface area contributed by atoms with Gasteiger partial charge in [0.05, 0.1) is 0 Å². The number of carboxylic acid groups (broad SMARTS) is 1. The minimum absolute atomic E-state index is 0.0663. The molecule has 0 spiro atoms. The molecule has 0 saturated heterocycles. The Bertz CT molecular complexity index is 640. The lowest BCUT2D eigenvalue weighted by atomic mass is 9.84. The molecule has 2 aromatic rings. The van der Waals surface area contributed by atoms with Crippen LogP contribution in [0.5, 0.6) is 0 Å². The van der Waals surface area contributed by atoms with Crippen LogP contribution in [0.15, 0.2) is 22.8 Å². The van der Waals surface area contributed by atoms with Crippen molar-refractivity contribution in [1.82, 2.24) is 4.98 Å². The Balaban J connectivity index is 2.55. The quantitative estimate of drug-likeness (QED) is 0.899. The minimum atomic E-state index is -1.08. The number of aromatic nitrogens is 1. The normalized spacial score (nSPS) is 11.7. The second-order valence-corrected chi connectivity index (χ2v) is 6.08. The SMILES string of the molecule is Cc1cc(C(C)(C)C)cc(C)c1-c1nc(C(=O)O)co1. The largest absolute Gasteiger partial charge is 0.476 e. The van der Waals surface area contributed by atoms with Crippen molar-refractivity contribution in [2.45, 2.75) is 40.0 Å². The minimum Gasteiger partial charge on any atom is -0.476 e. The molecule has 2 rings (SSSR count). The average Bonchev–Trinajstić information content (AvgIpc) is 2.76. The molecule has 106 valence electrons. The smallest absolute Gasteiger partial charge is 0.357 e. The summed E-state index contributed by atoms with van der Waals surface area (Å²) in [5.41, 5.74) is 4.17. The van der Waals surface area contributed by atoms with E-state index in [1.54, 1.807) is 0 Å². The second kappa shape index (κ2) is 4.78. The highest BCUT2D eigenvalue weighted by molar-refractivity contribution is 5.85. The zero-order valence-electron chi connectivity index (χ0n) is 12.4. The third kappa shape index (κ3) is 2.59. The molecule has 0 fully saturated rings. The van der Waals surface area contributed by atoms with Crippen molar-refractivity contribution in [2.75, 3.05) is 0 Å². The summed E-state index contributed by atoms with van der Waals surface area (Å²) in [6.07, 6.45) is 1.17. The molecule has 0 saturated carbocycles. The van der Waals surface area contributed by atoms with Crippen molar-refractivity contribution in [3.8, 4) is 11.5 Å². The molecule has 0 amide bonds. The van der Waals surface area contributed by atoms with Crippen LogP contribution in [0.3, 0.4) is 0 Å². The molecular weight excluding hydrogens is 254 g/mol. The van der Waals surface area contributed by atoms with Gasteiger partial charge in [0, 0.05) is 5.56 Å². The molecule has 0 unspecified atom stereocenters. The third-order valence-corrected chi connectivity index (χ3v) is 3.34. The number of hydrogen-bond donors (Lipinski definition) is 1. The molecular formula is C16H19NO3. The first-order valence-corrected chi connectivity index (χ1v) is 6.51.